The van der Waals surface area contributed by atoms with E-state index in [1.807, 2.05) is 0 Å². The summed E-state index contributed by atoms with van der Waals surface area (Å²) in [6.07, 6.45) is 0. The van der Waals surface area contributed by atoms with E-state index in [2.05, 4.69) is 0 Å². The maximum absolute atomic E-state index is 12.7. The molecular weight excluding hydrogens is 229 g/mol. The van der Waals surface area contributed by atoms with Crippen LogP contribution in [0.4, 0.5) is 21.7 Å². The fourth-order valence-corrected chi connectivity index (χ4v) is 1.94. The minimum atomic E-state index is -5.41. The van der Waals surface area contributed by atoms with Crippen LogP contribution in [0.2, 0.25) is 5.82 Å². The van der Waals surface area contributed by atoms with E-state index < -0.39 is 30.0 Å². The predicted octanol–water partition coefficient (Wildman–Crippen LogP) is 0.519. The summed E-state index contributed by atoms with van der Waals surface area (Å²) in [6, 6.07) is 0. The molecule has 0 bridgehead atoms. The molecule has 1 rings (SSSR count). The molecule has 0 nitrogen and oxygen atoms in total. The minimum Gasteiger partial charge on any atom is -0.449 e. The topological polar surface area (TPSA) is 0 Å². The molecule has 0 spiro atoms. The van der Waals surface area contributed by atoms with Crippen LogP contribution in [-0.4, -0.2) is 12.9 Å². The first-order chi connectivity index (χ1) is 5.49. The number of halogens is 5. The number of alkyl halides is 2. The molecule has 1 fully saturated rings. The second kappa shape index (κ2) is 3.98. The van der Waals surface area contributed by atoms with Crippen LogP contribution in [0.3, 0.4) is 0 Å². The third kappa shape index (κ3) is 2.72. The largest absolute Gasteiger partial charge is 1.00 e. The van der Waals surface area contributed by atoms with Crippen LogP contribution < -0.4 is 51.4 Å². The van der Waals surface area contributed by atoms with Gasteiger partial charge in [-0.1, -0.05) is 20.8 Å². The SMILES string of the molecule is CC(C)(C)[C@@H]1[C@@H]([B-](F)(F)F)C1(F)F.[K+]. The van der Waals surface area contributed by atoms with Gasteiger partial charge in [0.2, 0.25) is 5.92 Å². The normalized spacial score (nSPS) is 30.9. The molecule has 0 aromatic carbocycles. The first-order valence-corrected chi connectivity index (χ1v) is 4.07. The molecule has 1 saturated carbocycles. The second-order valence-electron chi connectivity index (χ2n) is 4.67. The first kappa shape index (κ1) is 15.4. The molecule has 0 radical (unpaired) electrons. The molecule has 0 N–H and O–H groups in total. The molecular formula is C7H11BF5K. The molecule has 2 atom stereocenters. The zero-order valence-corrected chi connectivity index (χ0v) is 11.7. The molecule has 78 valence electrons. The molecule has 1 aliphatic carbocycles. The number of hydrogen-bond donors (Lipinski definition) is 0. The zero-order valence-electron chi connectivity index (χ0n) is 8.62. The van der Waals surface area contributed by atoms with Gasteiger partial charge in [-0.2, -0.15) is 0 Å². The zero-order chi connectivity index (χ0) is 10.7. The Hall–Kier alpha value is 1.35. The third-order valence-corrected chi connectivity index (χ3v) is 2.45. The van der Waals surface area contributed by atoms with Crippen molar-refractivity contribution in [2.45, 2.75) is 32.5 Å². The summed E-state index contributed by atoms with van der Waals surface area (Å²) in [6.45, 7) is -1.18. The average Bonchev–Trinajstić information content (AvgIpc) is 2.29. The smallest absolute Gasteiger partial charge is 0.449 e. The van der Waals surface area contributed by atoms with Gasteiger partial charge in [0.15, 0.2) is 0 Å². The summed E-state index contributed by atoms with van der Waals surface area (Å²) in [4.78, 5) is 0. The monoisotopic (exact) mass is 240 g/mol. The van der Waals surface area contributed by atoms with Gasteiger partial charge >= 0.3 is 58.4 Å². The Kier molecular flexibility index (Phi) is 4.36. The van der Waals surface area contributed by atoms with Crippen LogP contribution in [0, 0.1) is 11.3 Å². The van der Waals surface area contributed by atoms with Crippen molar-refractivity contribution >= 4 is 6.98 Å². The van der Waals surface area contributed by atoms with Gasteiger partial charge < -0.3 is 12.9 Å². The Morgan fingerprint density at radius 3 is 1.50 bits per heavy atom. The Morgan fingerprint density at radius 1 is 1.07 bits per heavy atom. The van der Waals surface area contributed by atoms with Gasteiger partial charge in [0.1, 0.15) is 0 Å². The van der Waals surface area contributed by atoms with Crippen LogP contribution >= 0.6 is 0 Å². The predicted molar refractivity (Wildman–Crippen MR) is 40.7 cm³/mol. The Bertz CT molecular complexity index is 197. The van der Waals surface area contributed by atoms with E-state index in [1.54, 1.807) is 0 Å². The van der Waals surface area contributed by atoms with E-state index in [-0.39, 0.29) is 51.4 Å². The maximum Gasteiger partial charge on any atom is 1.00 e. The van der Waals surface area contributed by atoms with Crippen LogP contribution in [0.15, 0.2) is 0 Å². The van der Waals surface area contributed by atoms with Crippen LogP contribution in [0.1, 0.15) is 20.8 Å². The van der Waals surface area contributed by atoms with Gasteiger partial charge in [0.05, 0.1) is 0 Å². The molecule has 0 aliphatic heterocycles. The molecule has 1 aliphatic rings. The van der Waals surface area contributed by atoms with Gasteiger partial charge in [-0.3, -0.25) is 0 Å². The van der Waals surface area contributed by atoms with Crippen molar-refractivity contribution in [3.63, 3.8) is 0 Å². The van der Waals surface area contributed by atoms with E-state index in [1.165, 1.54) is 20.8 Å². The fraction of sp³-hybridized carbons (Fsp3) is 1.00. The van der Waals surface area contributed by atoms with E-state index in [0.29, 0.717) is 0 Å². The summed E-state index contributed by atoms with van der Waals surface area (Å²) in [5, 5.41) is 0. The van der Waals surface area contributed by atoms with Crippen molar-refractivity contribution < 1.29 is 73.1 Å². The minimum absolute atomic E-state index is 0. The summed E-state index contributed by atoms with van der Waals surface area (Å²) in [5.74, 6) is -7.47. The van der Waals surface area contributed by atoms with Crippen LogP contribution in [0.5, 0.6) is 0 Å². The summed E-state index contributed by atoms with van der Waals surface area (Å²) >= 11 is 0. The van der Waals surface area contributed by atoms with Gasteiger partial charge in [0, 0.05) is 5.92 Å². The first-order valence-electron chi connectivity index (χ1n) is 4.07. The average molecular weight is 240 g/mol. The summed E-state index contributed by atoms with van der Waals surface area (Å²) in [7, 11) is 0. The van der Waals surface area contributed by atoms with Gasteiger partial charge in [-0.25, -0.2) is 8.78 Å². The molecule has 0 aromatic rings. The van der Waals surface area contributed by atoms with E-state index in [0.717, 1.165) is 0 Å². The Balaban J connectivity index is 0.00000169. The molecule has 7 heteroatoms. The van der Waals surface area contributed by atoms with Crippen molar-refractivity contribution in [3.05, 3.63) is 0 Å². The van der Waals surface area contributed by atoms with Gasteiger partial charge in [-0.15, -0.1) is 0 Å². The Morgan fingerprint density at radius 2 is 1.43 bits per heavy atom. The number of hydrogen-bond acceptors (Lipinski definition) is 0. The molecule has 0 amide bonds. The van der Waals surface area contributed by atoms with E-state index in [4.69, 9.17) is 0 Å². The van der Waals surface area contributed by atoms with E-state index in [9.17, 15) is 21.7 Å². The molecule has 0 saturated heterocycles. The summed E-state index contributed by atoms with van der Waals surface area (Å²) in [5.41, 5.74) is -0.981. The van der Waals surface area contributed by atoms with Crippen LogP contribution in [-0.2, 0) is 0 Å². The molecule has 0 aromatic heterocycles. The van der Waals surface area contributed by atoms with E-state index >= 15 is 0 Å². The standard InChI is InChI=1S/C7H11BF5.K/c1-6(2,3)4-5(7(4,9)10)8(11,12)13;/h4-5H,1-3H3;/q-1;+1/t4-,5+;/m0./s1. The van der Waals surface area contributed by atoms with Crippen LogP contribution in [0.25, 0.3) is 0 Å². The second-order valence-corrected chi connectivity index (χ2v) is 4.67. The maximum atomic E-state index is 12.7. The molecule has 0 unspecified atom stereocenters. The third-order valence-electron chi connectivity index (χ3n) is 2.45. The van der Waals surface area contributed by atoms with Crippen molar-refractivity contribution in [2.75, 3.05) is 0 Å². The van der Waals surface area contributed by atoms with Crippen molar-refractivity contribution in [1.29, 1.82) is 0 Å². The van der Waals surface area contributed by atoms with Crippen molar-refractivity contribution in [1.82, 2.24) is 0 Å². The van der Waals surface area contributed by atoms with Crippen molar-refractivity contribution in [3.8, 4) is 0 Å². The Labute approximate surface area is 122 Å². The quantitative estimate of drug-likeness (QED) is 0.463. The van der Waals surface area contributed by atoms with Crippen molar-refractivity contribution in [2.24, 2.45) is 11.3 Å². The molecule has 14 heavy (non-hydrogen) atoms. The summed E-state index contributed by atoms with van der Waals surface area (Å²) < 4.78 is 61.8. The number of rotatable bonds is 1. The fourth-order valence-electron chi connectivity index (χ4n) is 1.94. The van der Waals surface area contributed by atoms with Gasteiger partial charge in [0.25, 0.3) is 0 Å². The van der Waals surface area contributed by atoms with Gasteiger partial charge in [-0.05, 0) is 11.2 Å². The molecule has 0 heterocycles.